The molecule has 172 valence electrons. The first kappa shape index (κ1) is 21.1. The Morgan fingerprint density at radius 3 is 2.57 bits per heavy atom. The summed E-state index contributed by atoms with van der Waals surface area (Å²) >= 11 is 0. The van der Waals surface area contributed by atoms with E-state index in [1.54, 1.807) is 24.5 Å². The Hall–Kier alpha value is -4.43. The van der Waals surface area contributed by atoms with Crippen molar-refractivity contribution in [1.82, 2.24) is 35.0 Å². The van der Waals surface area contributed by atoms with Crippen molar-refractivity contribution >= 4 is 21.9 Å². The number of nitrogens with one attached hydrogen (secondary N) is 2. The number of H-pyrrole nitrogens is 2. The molecular weight excluding hydrogens is 441 g/mol. The molecular formula is C27H22FN7. The Balaban J connectivity index is 1.44. The summed E-state index contributed by atoms with van der Waals surface area (Å²) in [4.78, 5) is 19.0. The molecule has 0 fully saturated rings. The first-order valence-corrected chi connectivity index (χ1v) is 11.2. The minimum Gasteiger partial charge on any atom is -0.338 e. The summed E-state index contributed by atoms with van der Waals surface area (Å²) in [6.07, 6.45) is 7.25. The van der Waals surface area contributed by atoms with Gasteiger partial charge in [0.25, 0.3) is 0 Å². The fourth-order valence-corrected chi connectivity index (χ4v) is 4.39. The third-order valence-corrected chi connectivity index (χ3v) is 5.98. The topological polar surface area (TPSA) is 86.4 Å². The lowest BCUT2D eigenvalue weighted by molar-refractivity contribution is 0.402. The van der Waals surface area contributed by atoms with E-state index in [9.17, 15) is 4.39 Å². The monoisotopic (exact) mass is 463 g/mol. The van der Waals surface area contributed by atoms with Crippen molar-refractivity contribution in [3.63, 3.8) is 0 Å². The molecule has 5 aromatic heterocycles. The average Bonchev–Trinajstić information content (AvgIpc) is 3.48. The van der Waals surface area contributed by atoms with Gasteiger partial charge < -0.3 is 9.88 Å². The lowest BCUT2D eigenvalue weighted by atomic mass is 10.0. The summed E-state index contributed by atoms with van der Waals surface area (Å²) in [6, 6.07) is 14.6. The second-order valence-corrected chi connectivity index (χ2v) is 8.82. The Bertz CT molecular complexity index is 1670. The van der Waals surface area contributed by atoms with Crippen molar-refractivity contribution in [2.45, 2.75) is 6.54 Å². The van der Waals surface area contributed by atoms with Gasteiger partial charge in [-0.1, -0.05) is 12.1 Å². The molecule has 0 spiro atoms. The number of aromatic nitrogens is 6. The van der Waals surface area contributed by atoms with Crippen molar-refractivity contribution < 1.29 is 4.39 Å². The van der Waals surface area contributed by atoms with E-state index in [0.29, 0.717) is 0 Å². The second-order valence-electron chi connectivity index (χ2n) is 8.82. The second kappa shape index (κ2) is 8.41. The van der Waals surface area contributed by atoms with Crippen molar-refractivity contribution in [3.05, 3.63) is 84.7 Å². The highest BCUT2D eigenvalue weighted by Crippen LogP contribution is 2.34. The number of hydrogen-bond acceptors (Lipinski definition) is 5. The predicted octanol–water partition coefficient (Wildman–Crippen LogP) is 5.43. The van der Waals surface area contributed by atoms with Gasteiger partial charge >= 0.3 is 0 Å². The normalized spacial score (nSPS) is 11.7. The van der Waals surface area contributed by atoms with Crippen LogP contribution in [0.25, 0.3) is 55.7 Å². The zero-order chi connectivity index (χ0) is 23.9. The average molecular weight is 464 g/mol. The maximum Gasteiger partial charge on any atom is 0.138 e. The van der Waals surface area contributed by atoms with Gasteiger partial charge in [-0.15, -0.1) is 0 Å². The van der Waals surface area contributed by atoms with Gasteiger partial charge in [0.2, 0.25) is 0 Å². The van der Waals surface area contributed by atoms with Gasteiger partial charge in [-0.2, -0.15) is 5.10 Å². The van der Waals surface area contributed by atoms with Crippen molar-refractivity contribution in [1.29, 1.82) is 0 Å². The van der Waals surface area contributed by atoms with Gasteiger partial charge in [0, 0.05) is 41.5 Å². The molecule has 0 saturated heterocycles. The van der Waals surface area contributed by atoms with Crippen LogP contribution in [0.3, 0.4) is 0 Å². The molecule has 1 aromatic carbocycles. The minimum absolute atomic E-state index is 0.260. The van der Waals surface area contributed by atoms with Gasteiger partial charge in [-0.05, 0) is 67.2 Å². The Morgan fingerprint density at radius 2 is 1.74 bits per heavy atom. The molecule has 0 atom stereocenters. The number of hydrogen-bond donors (Lipinski definition) is 2. The van der Waals surface area contributed by atoms with E-state index in [2.05, 4.69) is 41.1 Å². The zero-order valence-electron chi connectivity index (χ0n) is 19.2. The van der Waals surface area contributed by atoms with E-state index in [4.69, 9.17) is 0 Å². The van der Waals surface area contributed by atoms with Crippen LogP contribution in [0, 0.1) is 5.82 Å². The fraction of sp³-hybridized carbons (Fsp3) is 0.111. The molecule has 35 heavy (non-hydrogen) atoms. The molecule has 0 unspecified atom stereocenters. The van der Waals surface area contributed by atoms with Crippen LogP contribution < -0.4 is 0 Å². The smallest absolute Gasteiger partial charge is 0.138 e. The van der Waals surface area contributed by atoms with E-state index in [-0.39, 0.29) is 5.82 Å². The van der Waals surface area contributed by atoms with Gasteiger partial charge in [-0.3, -0.25) is 15.1 Å². The van der Waals surface area contributed by atoms with Crippen molar-refractivity contribution in [3.8, 4) is 33.8 Å². The van der Waals surface area contributed by atoms with Crippen molar-refractivity contribution in [2.24, 2.45) is 0 Å². The number of rotatable bonds is 5. The van der Waals surface area contributed by atoms with Crippen LogP contribution in [-0.2, 0) is 6.54 Å². The van der Waals surface area contributed by atoms with Crippen LogP contribution in [0.1, 0.15) is 5.56 Å². The number of pyridine rings is 3. The first-order valence-electron chi connectivity index (χ1n) is 11.2. The number of halogens is 1. The molecule has 0 aliphatic carbocycles. The molecule has 6 rings (SSSR count). The number of benzene rings is 1. The molecule has 0 aliphatic rings. The standard InChI is InChI=1S/C27H22FN7/c1-35(2)15-16-9-18(13-29-12-16)23-11-22-25(14-31-23)33-34-26(22)24-10-21-20(7-8-30-27(21)32-24)17-3-5-19(28)6-4-17/h3-14H,15H2,1-2H3,(H,30,32)(H,33,34). The van der Waals surface area contributed by atoms with Gasteiger partial charge in [0.05, 0.1) is 23.1 Å². The van der Waals surface area contributed by atoms with Crippen LogP contribution in [0.4, 0.5) is 4.39 Å². The fourth-order valence-electron chi connectivity index (χ4n) is 4.39. The van der Waals surface area contributed by atoms with E-state index >= 15 is 0 Å². The first-order chi connectivity index (χ1) is 17.0. The van der Waals surface area contributed by atoms with Crippen LogP contribution in [0.2, 0.25) is 0 Å². The van der Waals surface area contributed by atoms with Crippen LogP contribution in [0.15, 0.2) is 73.3 Å². The molecule has 6 aromatic rings. The molecule has 2 N–H and O–H groups in total. The van der Waals surface area contributed by atoms with Crippen molar-refractivity contribution in [2.75, 3.05) is 14.1 Å². The summed E-state index contributed by atoms with van der Waals surface area (Å²) in [7, 11) is 4.07. The SMILES string of the molecule is CN(C)Cc1cncc(-c2cc3c(-c4cc5c(-c6ccc(F)cc6)ccnc5[nH]4)n[nH]c3cn2)c1. The summed E-state index contributed by atoms with van der Waals surface area (Å²) in [5, 5.41) is 9.55. The Kier molecular flexibility index (Phi) is 5.08. The molecule has 0 amide bonds. The van der Waals surface area contributed by atoms with Gasteiger partial charge in [0.1, 0.15) is 17.2 Å². The summed E-state index contributed by atoms with van der Waals surface area (Å²) in [5.74, 6) is -0.260. The lowest BCUT2D eigenvalue weighted by Crippen LogP contribution is -2.10. The van der Waals surface area contributed by atoms with Crippen LogP contribution in [-0.4, -0.2) is 49.1 Å². The third kappa shape index (κ3) is 3.94. The van der Waals surface area contributed by atoms with Gasteiger partial charge in [-0.25, -0.2) is 9.37 Å². The lowest BCUT2D eigenvalue weighted by Gasteiger charge is -2.10. The predicted molar refractivity (Wildman–Crippen MR) is 135 cm³/mol. The molecule has 7 nitrogen and oxygen atoms in total. The number of fused-ring (bicyclic) bond motifs is 2. The summed E-state index contributed by atoms with van der Waals surface area (Å²) in [6.45, 7) is 0.804. The van der Waals surface area contributed by atoms with Gasteiger partial charge in [0.15, 0.2) is 0 Å². The largest absolute Gasteiger partial charge is 0.338 e. The van der Waals surface area contributed by atoms with E-state index in [1.165, 1.54) is 12.1 Å². The summed E-state index contributed by atoms with van der Waals surface area (Å²) < 4.78 is 13.4. The van der Waals surface area contributed by atoms with E-state index in [1.807, 2.05) is 44.7 Å². The maximum absolute atomic E-state index is 13.4. The highest BCUT2D eigenvalue weighted by molar-refractivity contribution is 6.00. The molecule has 0 radical (unpaired) electrons. The molecule has 0 saturated carbocycles. The molecule has 8 heteroatoms. The minimum atomic E-state index is -0.260. The molecule has 5 heterocycles. The molecule has 0 aliphatic heterocycles. The zero-order valence-corrected chi connectivity index (χ0v) is 19.2. The third-order valence-electron chi connectivity index (χ3n) is 5.98. The highest BCUT2D eigenvalue weighted by Gasteiger charge is 2.15. The van der Waals surface area contributed by atoms with Crippen LogP contribution in [0.5, 0.6) is 0 Å². The maximum atomic E-state index is 13.4. The van der Waals surface area contributed by atoms with E-state index < -0.39 is 0 Å². The Morgan fingerprint density at radius 1 is 0.886 bits per heavy atom. The quantitative estimate of drug-likeness (QED) is 0.356. The number of aromatic amines is 2. The number of nitrogens with zero attached hydrogens (tertiary/aromatic N) is 5. The van der Waals surface area contributed by atoms with Crippen LogP contribution >= 0.6 is 0 Å². The molecule has 0 bridgehead atoms. The Labute approximate surface area is 200 Å². The highest BCUT2D eigenvalue weighted by atomic mass is 19.1. The summed E-state index contributed by atoms with van der Waals surface area (Å²) in [5.41, 5.74) is 8.01. The van der Waals surface area contributed by atoms with E-state index in [0.717, 1.165) is 67.8 Å².